The highest BCUT2D eigenvalue weighted by Gasteiger charge is 2.12. The summed E-state index contributed by atoms with van der Waals surface area (Å²) in [5.41, 5.74) is 1.63. The Balaban J connectivity index is 1.74. The minimum Gasteiger partial charge on any atom is -0.508 e. The second-order valence-corrected chi connectivity index (χ2v) is 5.95. The van der Waals surface area contributed by atoms with Crippen LogP contribution in [0, 0.1) is 0 Å². The molecule has 1 heterocycles. The average molecular weight is 319 g/mol. The van der Waals surface area contributed by atoms with Gasteiger partial charge >= 0.3 is 0 Å². The molecule has 21 heavy (non-hydrogen) atoms. The Morgan fingerprint density at radius 3 is 2.95 bits per heavy atom. The van der Waals surface area contributed by atoms with Crippen LogP contribution in [0.15, 0.2) is 42.5 Å². The Kier molecular flexibility index (Phi) is 3.77. The van der Waals surface area contributed by atoms with E-state index < -0.39 is 0 Å². The Bertz CT molecular complexity index is 816. The molecule has 6 heteroatoms. The lowest BCUT2D eigenvalue weighted by atomic mass is 10.2. The van der Waals surface area contributed by atoms with E-state index in [9.17, 15) is 9.90 Å². The standard InChI is InChI=1S/C15H11ClN2O2S/c16-10-3-1-2-9(6-10)8-17-14(20)15-18-12-5-4-11(19)7-13(12)21-15/h1-7,19H,8H2,(H,17,20). The fraction of sp³-hybridized carbons (Fsp3) is 0.0667. The number of nitrogens with zero attached hydrogens (tertiary/aromatic N) is 1. The van der Waals surface area contributed by atoms with E-state index >= 15 is 0 Å². The van der Waals surface area contributed by atoms with Crippen molar-refractivity contribution in [2.45, 2.75) is 6.54 Å². The van der Waals surface area contributed by atoms with E-state index in [-0.39, 0.29) is 11.7 Å². The molecule has 3 rings (SSSR count). The number of carbonyl (C=O) groups excluding carboxylic acids is 1. The van der Waals surface area contributed by atoms with E-state index in [4.69, 9.17) is 11.6 Å². The predicted molar refractivity (Wildman–Crippen MR) is 83.9 cm³/mol. The summed E-state index contributed by atoms with van der Waals surface area (Å²) in [5, 5.41) is 13.2. The number of halogens is 1. The highest BCUT2D eigenvalue weighted by Crippen LogP contribution is 2.25. The summed E-state index contributed by atoms with van der Waals surface area (Å²) in [4.78, 5) is 16.4. The fourth-order valence-corrected chi connectivity index (χ4v) is 3.04. The van der Waals surface area contributed by atoms with Crippen LogP contribution in [0.4, 0.5) is 0 Å². The Labute approximate surface area is 130 Å². The van der Waals surface area contributed by atoms with E-state index in [1.54, 1.807) is 30.3 Å². The first-order valence-electron chi connectivity index (χ1n) is 6.24. The molecule has 0 fully saturated rings. The van der Waals surface area contributed by atoms with Gasteiger partial charge in [-0.2, -0.15) is 0 Å². The number of rotatable bonds is 3. The third-order valence-corrected chi connectivity index (χ3v) is 4.16. The van der Waals surface area contributed by atoms with Crippen molar-refractivity contribution in [1.29, 1.82) is 0 Å². The molecule has 0 aliphatic heterocycles. The highest BCUT2D eigenvalue weighted by atomic mass is 35.5. The van der Waals surface area contributed by atoms with Gasteiger partial charge in [-0.15, -0.1) is 11.3 Å². The molecule has 0 saturated heterocycles. The van der Waals surface area contributed by atoms with E-state index in [1.165, 1.54) is 11.3 Å². The first-order valence-corrected chi connectivity index (χ1v) is 7.43. The molecule has 2 N–H and O–H groups in total. The van der Waals surface area contributed by atoms with Gasteiger partial charge in [0.1, 0.15) is 5.75 Å². The second-order valence-electron chi connectivity index (χ2n) is 4.48. The number of hydrogen-bond acceptors (Lipinski definition) is 4. The van der Waals surface area contributed by atoms with Gasteiger partial charge in [0.15, 0.2) is 5.01 Å². The summed E-state index contributed by atoms with van der Waals surface area (Å²) in [7, 11) is 0. The Morgan fingerprint density at radius 2 is 2.14 bits per heavy atom. The minimum atomic E-state index is -0.240. The zero-order chi connectivity index (χ0) is 14.8. The maximum atomic E-state index is 12.1. The van der Waals surface area contributed by atoms with Crippen molar-refractivity contribution in [2.75, 3.05) is 0 Å². The van der Waals surface area contributed by atoms with Gasteiger partial charge < -0.3 is 10.4 Å². The zero-order valence-electron chi connectivity index (χ0n) is 10.8. The maximum absolute atomic E-state index is 12.1. The third-order valence-electron chi connectivity index (χ3n) is 2.91. The van der Waals surface area contributed by atoms with Crippen LogP contribution in [0.25, 0.3) is 10.2 Å². The zero-order valence-corrected chi connectivity index (χ0v) is 12.4. The molecule has 0 unspecified atom stereocenters. The normalized spacial score (nSPS) is 10.7. The van der Waals surface area contributed by atoms with E-state index in [1.807, 2.05) is 12.1 Å². The molecule has 0 spiro atoms. The molecule has 4 nitrogen and oxygen atoms in total. The fourth-order valence-electron chi connectivity index (χ4n) is 1.92. The number of benzene rings is 2. The van der Waals surface area contributed by atoms with Gasteiger partial charge in [0.05, 0.1) is 10.2 Å². The van der Waals surface area contributed by atoms with E-state index in [0.29, 0.717) is 22.1 Å². The Hall–Kier alpha value is -2.11. The molecule has 0 aliphatic carbocycles. The number of fused-ring (bicyclic) bond motifs is 1. The van der Waals surface area contributed by atoms with Crippen molar-refractivity contribution >= 4 is 39.1 Å². The molecule has 0 radical (unpaired) electrons. The molecular formula is C15H11ClN2O2S. The van der Waals surface area contributed by atoms with Crippen molar-refractivity contribution < 1.29 is 9.90 Å². The highest BCUT2D eigenvalue weighted by molar-refractivity contribution is 7.20. The van der Waals surface area contributed by atoms with Crippen LogP contribution in [-0.4, -0.2) is 16.0 Å². The van der Waals surface area contributed by atoms with Crippen LogP contribution in [-0.2, 0) is 6.54 Å². The number of phenolic OH excluding ortho intramolecular Hbond substituents is 1. The number of nitrogens with one attached hydrogen (secondary N) is 1. The quantitative estimate of drug-likeness (QED) is 0.776. The van der Waals surface area contributed by atoms with Crippen LogP contribution >= 0.6 is 22.9 Å². The topological polar surface area (TPSA) is 62.2 Å². The lowest BCUT2D eigenvalue weighted by molar-refractivity contribution is 0.0950. The van der Waals surface area contributed by atoms with Gasteiger partial charge in [-0.25, -0.2) is 4.98 Å². The molecule has 2 aromatic carbocycles. The number of aromatic hydroxyl groups is 1. The van der Waals surface area contributed by atoms with Crippen LogP contribution in [0.3, 0.4) is 0 Å². The van der Waals surface area contributed by atoms with Gasteiger partial charge in [0.2, 0.25) is 0 Å². The largest absolute Gasteiger partial charge is 0.508 e. The molecule has 1 aromatic heterocycles. The van der Waals surface area contributed by atoms with Gasteiger partial charge in [-0.3, -0.25) is 4.79 Å². The number of phenols is 1. The molecule has 106 valence electrons. The smallest absolute Gasteiger partial charge is 0.280 e. The van der Waals surface area contributed by atoms with E-state index in [0.717, 1.165) is 10.3 Å². The third kappa shape index (κ3) is 3.15. The molecular weight excluding hydrogens is 308 g/mol. The van der Waals surface area contributed by atoms with Crippen LogP contribution in [0.1, 0.15) is 15.4 Å². The van der Waals surface area contributed by atoms with Crippen LogP contribution < -0.4 is 5.32 Å². The molecule has 0 atom stereocenters. The summed E-state index contributed by atoms with van der Waals surface area (Å²) < 4.78 is 0.780. The number of carbonyl (C=O) groups is 1. The second kappa shape index (κ2) is 5.71. The Morgan fingerprint density at radius 1 is 1.29 bits per heavy atom. The number of thiazole rings is 1. The summed E-state index contributed by atoms with van der Waals surface area (Å²) >= 11 is 7.15. The summed E-state index contributed by atoms with van der Waals surface area (Å²) in [6, 6.07) is 12.2. The van der Waals surface area contributed by atoms with Gasteiger partial charge in [0.25, 0.3) is 5.91 Å². The SMILES string of the molecule is O=C(NCc1cccc(Cl)c1)c1nc2ccc(O)cc2s1. The number of hydrogen-bond donors (Lipinski definition) is 2. The lowest BCUT2D eigenvalue weighted by Gasteiger charge is -2.03. The van der Waals surface area contributed by atoms with Crippen molar-refractivity contribution in [1.82, 2.24) is 10.3 Å². The predicted octanol–water partition coefficient (Wildman–Crippen LogP) is 3.59. The summed E-state index contributed by atoms with van der Waals surface area (Å²) in [6.07, 6.45) is 0. The molecule has 1 amide bonds. The van der Waals surface area contributed by atoms with Crippen molar-refractivity contribution in [3.05, 3.63) is 58.1 Å². The average Bonchev–Trinajstić information content (AvgIpc) is 2.88. The molecule has 0 bridgehead atoms. The number of amides is 1. The number of aromatic nitrogens is 1. The van der Waals surface area contributed by atoms with Crippen molar-refractivity contribution in [3.63, 3.8) is 0 Å². The molecule has 0 aliphatic rings. The first-order chi connectivity index (χ1) is 10.1. The minimum absolute atomic E-state index is 0.164. The van der Waals surface area contributed by atoms with Crippen molar-refractivity contribution in [2.24, 2.45) is 0 Å². The summed E-state index contributed by atoms with van der Waals surface area (Å²) in [5.74, 6) is -0.0762. The van der Waals surface area contributed by atoms with Gasteiger partial charge in [-0.1, -0.05) is 23.7 Å². The van der Waals surface area contributed by atoms with Gasteiger partial charge in [0, 0.05) is 11.6 Å². The maximum Gasteiger partial charge on any atom is 0.280 e. The molecule has 0 saturated carbocycles. The van der Waals surface area contributed by atoms with Crippen molar-refractivity contribution in [3.8, 4) is 5.75 Å². The lowest BCUT2D eigenvalue weighted by Crippen LogP contribution is -2.22. The summed E-state index contributed by atoms with van der Waals surface area (Å²) in [6.45, 7) is 0.389. The first kappa shape index (κ1) is 13.9. The molecule has 3 aromatic rings. The van der Waals surface area contributed by atoms with Gasteiger partial charge in [-0.05, 0) is 35.9 Å². The van der Waals surface area contributed by atoms with Crippen LogP contribution in [0.2, 0.25) is 5.02 Å². The van der Waals surface area contributed by atoms with Crippen LogP contribution in [0.5, 0.6) is 5.75 Å². The van der Waals surface area contributed by atoms with E-state index in [2.05, 4.69) is 10.3 Å². The monoisotopic (exact) mass is 318 g/mol.